The number of carbonyl (C=O) groups is 1. The van der Waals surface area contributed by atoms with Gasteiger partial charge in [0.25, 0.3) is 5.91 Å². The number of likely N-dealkylation sites (N-methyl/N-ethyl adjacent to an activating group) is 2. The van der Waals surface area contributed by atoms with Gasteiger partial charge in [-0.05, 0) is 19.7 Å². The van der Waals surface area contributed by atoms with Crippen molar-refractivity contribution >= 4 is 12.0 Å². The Bertz CT molecular complexity index is 749. The third-order valence-electron chi connectivity index (χ3n) is 4.79. The predicted molar refractivity (Wildman–Crippen MR) is 106 cm³/mol. The molecule has 1 aliphatic rings. The maximum atomic E-state index is 12.5. The average Bonchev–Trinajstić information content (AvgIpc) is 3.16. The average molecular weight is 368 g/mol. The third-order valence-corrected chi connectivity index (χ3v) is 4.79. The van der Waals surface area contributed by atoms with Crippen molar-refractivity contribution in [2.24, 2.45) is 0 Å². The van der Waals surface area contributed by atoms with Crippen molar-refractivity contribution < 1.29 is 4.79 Å². The van der Waals surface area contributed by atoms with Crippen LogP contribution in [-0.2, 0) is 6.54 Å². The van der Waals surface area contributed by atoms with Crippen LogP contribution in [0.5, 0.6) is 0 Å². The highest BCUT2D eigenvalue weighted by atomic mass is 16.2. The Morgan fingerprint density at radius 3 is 2.67 bits per heavy atom. The van der Waals surface area contributed by atoms with Crippen LogP contribution in [0.15, 0.2) is 42.6 Å². The summed E-state index contributed by atoms with van der Waals surface area (Å²) in [5, 5.41) is 8.18. The summed E-state index contributed by atoms with van der Waals surface area (Å²) in [6, 6.07) is 10.3. The van der Waals surface area contributed by atoms with Crippen LogP contribution in [0.1, 0.15) is 16.1 Å². The smallest absolute Gasteiger partial charge is 0.276 e. The number of rotatable bonds is 7. The normalized spacial score (nSPS) is 15.7. The lowest BCUT2D eigenvalue weighted by Gasteiger charge is -2.31. The number of hydrogen-bond donors (Lipinski definition) is 0. The van der Waals surface area contributed by atoms with Gasteiger partial charge in [0.15, 0.2) is 5.69 Å². The minimum absolute atomic E-state index is 0.0199. The van der Waals surface area contributed by atoms with Crippen molar-refractivity contribution in [3.63, 3.8) is 0 Å². The van der Waals surface area contributed by atoms with E-state index >= 15 is 0 Å². The summed E-state index contributed by atoms with van der Waals surface area (Å²) in [7, 11) is 4.15. The molecule has 1 aromatic heterocycles. The van der Waals surface area contributed by atoms with E-state index < -0.39 is 0 Å². The second-order valence-electron chi connectivity index (χ2n) is 7.04. The van der Waals surface area contributed by atoms with Crippen LogP contribution in [0.4, 0.5) is 0 Å². The zero-order chi connectivity index (χ0) is 19.1. The number of piperazine rings is 1. The van der Waals surface area contributed by atoms with Gasteiger partial charge in [-0.25, -0.2) is 0 Å². The van der Waals surface area contributed by atoms with E-state index in [-0.39, 0.29) is 5.91 Å². The molecule has 27 heavy (non-hydrogen) atoms. The Morgan fingerprint density at radius 1 is 1.19 bits per heavy atom. The number of carbonyl (C=O) groups excluding carboxylic acids is 1. The van der Waals surface area contributed by atoms with E-state index in [1.165, 1.54) is 5.56 Å². The van der Waals surface area contributed by atoms with E-state index in [0.29, 0.717) is 12.2 Å². The van der Waals surface area contributed by atoms with Crippen LogP contribution in [0.2, 0.25) is 0 Å². The van der Waals surface area contributed by atoms with Crippen LogP contribution in [0, 0.1) is 0 Å². The standard InChI is InChI=1S/C20H28N6O/c1-23(10-6-9-18-7-4-3-5-8-18)13-16-26-17-19(21-22-26)20(27)25-14-11-24(2)12-15-25/h3-9,17H,10-16H2,1-2H3. The van der Waals surface area contributed by atoms with Crippen LogP contribution in [-0.4, -0.2) is 89.0 Å². The molecule has 7 nitrogen and oxygen atoms in total. The van der Waals surface area contributed by atoms with E-state index in [1.807, 2.05) is 23.1 Å². The largest absolute Gasteiger partial charge is 0.335 e. The van der Waals surface area contributed by atoms with E-state index in [1.54, 1.807) is 10.9 Å². The Labute approximate surface area is 160 Å². The molecule has 0 unspecified atom stereocenters. The van der Waals surface area contributed by atoms with Gasteiger partial charge >= 0.3 is 0 Å². The molecule has 2 heterocycles. The highest BCUT2D eigenvalue weighted by molar-refractivity contribution is 5.92. The highest BCUT2D eigenvalue weighted by Crippen LogP contribution is 2.06. The van der Waals surface area contributed by atoms with E-state index in [0.717, 1.165) is 39.3 Å². The minimum Gasteiger partial charge on any atom is -0.335 e. The van der Waals surface area contributed by atoms with Crippen molar-refractivity contribution in [1.29, 1.82) is 0 Å². The van der Waals surface area contributed by atoms with Crippen molar-refractivity contribution in [1.82, 2.24) is 29.7 Å². The molecule has 0 saturated carbocycles. The summed E-state index contributed by atoms with van der Waals surface area (Å²) in [6.45, 7) is 5.71. The van der Waals surface area contributed by atoms with E-state index in [4.69, 9.17) is 0 Å². The maximum Gasteiger partial charge on any atom is 0.276 e. The van der Waals surface area contributed by atoms with Gasteiger partial charge in [0, 0.05) is 39.3 Å². The first-order valence-electron chi connectivity index (χ1n) is 9.40. The molecule has 0 aliphatic carbocycles. The molecule has 1 aromatic carbocycles. The Morgan fingerprint density at radius 2 is 1.93 bits per heavy atom. The second kappa shape index (κ2) is 9.43. The molecule has 3 rings (SSSR count). The number of amides is 1. The molecule has 144 valence electrons. The fourth-order valence-corrected chi connectivity index (χ4v) is 2.97. The quantitative estimate of drug-likeness (QED) is 0.738. The lowest BCUT2D eigenvalue weighted by atomic mass is 10.2. The van der Waals surface area contributed by atoms with Crippen LogP contribution < -0.4 is 0 Å². The third kappa shape index (κ3) is 5.74. The number of benzene rings is 1. The summed E-state index contributed by atoms with van der Waals surface area (Å²) < 4.78 is 1.75. The lowest BCUT2D eigenvalue weighted by Crippen LogP contribution is -2.47. The topological polar surface area (TPSA) is 57.5 Å². The van der Waals surface area contributed by atoms with E-state index in [2.05, 4.69) is 58.5 Å². The van der Waals surface area contributed by atoms with Gasteiger partial charge in [-0.15, -0.1) is 5.10 Å². The van der Waals surface area contributed by atoms with Crippen molar-refractivity contribution in [2.45, 2.75) is 6.54 Å². The van der Waals surface area contributed by atoms with Crippen molar-refractivity contribution in [3.05, 3.63) is 53.9 Å². The molecule has 0 atom stereocenters. The number of aromatic nitrogens is 3. The fraction of sp³-hybridized carbons (Fsp3) is 0.450. The zero-order valence-corrected chi connectivity index (χ0v) is 16.2. The van der Waals surface area contributed by atoms with Gasteiger partial charge < -0.3 is 14.7 Å². The van der Waals surface area contributed by atoms with Crippen molar-refractivity contribution in [3.8, 4) is 0 Å². The van der Waals surface area contributed by atoms with Crippen LogP contribution in [0.3, 0.4) is 0 Å². The van der Waals surface area contributed by atoms with Crippen molar-refractivity contribution in [2.75, 3.05) is 53.4 Å². The second-order valence-corrected chi connectivity index (χ2v) is 7.04. The molecule has 0 radical (unpaired) electrons. The molecule has 2 aromatic rings. The fourth-order valence-electron chi connectivity index (χ4n) is 2.97. The molecule has 0 N–H and O–H groups in total. The Kier molecular flexibility index (Phi) is 6.73. The number of nitrogens with zero attached hydrogens (tertiary/aromatic N) is 6. The summed E-state index contributed by atoms with van der Waals surface area (Å²) in [6.07, 6.45) is 6.03. The molecule has 0 bridgehead atoms. The highest BCUT2D eigenvalue weighted by Gasteiger charge is 2.22. The molecule has 1 saturated heterocycles. The summed E-state index contributed by atoms with van der Waals surface area (Å²) in [5.74, 6) is -0.0199. The van der Waals surface area contributed by atoms with Crippen LogP contribution >= 0.6 is 0 Å². The first kappa shape index (κ1) is 19.3. The first-order valence-corrected chi connectivity index (χ1v) is 9.40. The maximum absolute atomic E-state index is 12.5. The Balaban J connectivity index is 1.43. The van der Waals surface area contributed by atoms with Gasteiger partial charge in [-0.2, -0.15) is 0 Å². The molecule has 7 heteroatoms. The lowest BCUT2D eigenvalue weighted by molar-refractivity contribution is 0.0658. The monoisotopic (exact) mass is 368 g/mol. The van der Waals surface area contributed by atoms with Gasteiger partial charge in [-0.1, -0.05) is 47.7 Å². The molecular formula is C20H28N6O. The molecule has 1 amide bonds. The molecule has 1 fully saturated rings. The molecule has 0 spiro atoms. The molecular weight excluding hydrogens is 340 g/mol. The van der Waals surface area contributed by atoms with Gasteiger partial charge in [-0.3, -0.25) is 9.48 Å². The molecule has 1 aliphatic heterocycles. The SMILES string of the molecule is CN(CC=Cc1ccccc1)CCn1cc(C(=O)N2CCN(C)CC2)nn1. The van der Waals surface area contributed by atoms with E-state index in [9.17, 15) is 4.79 Å². The summed E-state index contributed by atoms with van der Waals surface area (Å²) in [4.78, 5) is 18.8. The summed E-state index contributed by atoms with van der Waals surface area (Å²) in [5.41, 5.74) is 1.64. The first-order chi connectivity index (χ1) is 13.1. The number of hydrogen-bond acceptors (Lipinski definition) is 5. The zero-order valence-electron chi connectivity index (χ0n) is 16.2. The van der Waals surface area contributed by atoms with Gasteiger partial charge in [0.1, 0.15) is 0 Å². The summed E-state index contributed by atoms with van der Waals surface area (Å²) >= 11 is 0. The van der Waals surface area contributed by atoms with Gasteiger partial charge in [0.2, 0.25) is 0 Å². The predicted octanol–water partition coefficient (Wildman–Crippen LogP) is 1.31. The van der Waals surface area contributed by atoms with Crippen LogP contribution in [0.25, 0.3) is 6.08 Å². The van der Waals surface area contributed by atoms with Gasteiger partial charge in [0.05, 0.1) is 12.7 Å². The minimum atomic E-state index is -0.0199. The Hall–Kier alpha value is -2.51.